The maximum atomic E-state index is 11.9. The van der Waals surface area contributed by atoms with E-state index in [1.807, 2.05) is 6.92 Å². The largest absolute Gasteiger partial charge is 0.396 e. The molecule has 0 aliphatic carbocycles. The van der Waals surface area contributed by atoms with Crippen LogP contribution >= 0.6 is 27.5 Å². The van der Waals surface area contributed by atoms with Gasteiger partial charge in [0.15, 0.2) is 0 Å². The normalized spacial score (nSPS) is 12.2. The Morgan fingerprint density at radius 2 is 2.24 bits per heavy atom. The number of benzene rings is 1. The van der Waals surface area contributed by atoms with Crippen LogP contribution in [0.3, 0.4) is 0 Å². The highest BCUT2D eigenvalue weighted by Gasteiger charge is 2.10. The highest BCUT2D eigenvalue weighted by molar-refractivity contribution is 9.10. The zero-order chi connectivity index (χ0) is 12.8. The molecule has 0 heterocycles. The molecular formula is C12H15BrClNO2. The van der Waals surface area contributed by atoms with E-state index in [1.54, 1.807) is 18.2 Å². The van der Waals surface area contributed by atoms with Gasteiger partial charge in [-0.05, 0) is 38.0 Å². The van der Waals surface area contributed by atoms with Crippen molar-refractivity contribution in [2.24, 2.45) is 0 Å². The lowest BCUT2D eigenvalue weighted by Gasteiger charge is -2.13. The average Bonchev–Trinajstić information content (AvgIpc) is 2.25. The van der Waals surface area contributed by atoms with Crippen LogP contribution in [-0.4, -0.2) is 23.7 Å². The summed E-state index contributed by atoms with van der Waals surface area (Å²) in [5.74, 6) is -0.154. The first-order chi connectivity index (χ1) is 8.02. The van der Waals surface area contributed by atoms with Crippen molar-refractivity contribution in [3.05, 3.63) is 33.3 Å². The summed E-state index contributed by atoms with van der Waals surface area (Å²) in [5.41, 5.74) is 0.528. The fourth-order valence-corrected chi connectivity index (χ4v) is 2.32. The van der Waals surface area contributed by atoms with Crippen LogP contribution in [-0.2, 0) is 0 Å². The lowest BCUT2D eigenvalue weighted by atomic mass is 10.1. The monoisotopic (exact) mass is 319 g/mol. The first kappa shape index (κ1) is 14.5. The van der Waals surface area contributed by atoms with Gasteiger partial charge in [-0.2, -0.15) is 0 Å². The number of rotatable bonds is 5. The van der Waals surface area contributed by atoms with Crippen LogP contribution in [0.4, 0.5) is 0 Å². The van der Waals surface area contributed by atoms with E-state index in [2.05, 4.69) is 21.2 Å². The molecular weight excluding hydrogens is 305 g/mol. The van der Waals surface area contributed by atoms with Gasteiger partial charge in [-0.25, -0.2) is 0 Å². The van der Waals surface area contributed by atoms with Crippen LogP contribution in [0.5, 0.6) is 0 Å². The van der Waals surface area contributed by atoms with E-state index in [4.69, 9.17) is 16.7 Å². The SMILES string of the molecule is CC(CCCO)NC(=O)c1cc(Cl)cc(Br)c1. The number of carbonyl (C=O) groups excluding carboxylic acids is 1. The molecule has 1 amide bonds. The van der Waals surface area contributed by atoms with Crippen molar-refractivity contribution in [3.63, 3.8) is 0 Å². The number of aliphatic hydroxyl groups is 1. The van der Waals surface area contributed by atoms with E-state index in [0.29, 0.717) is 17.0 Å². The number of halogens is 2. The zero-order valence-electron chi connectivity index (χ0n) is 9.54. The third-order valence-electron chi connectivity index (χ3n) is 2.30. The van der Waals surface area contributed by atoms with Crippen molar-refractivity contribution < 1.29 is 9.90 Å². The van der Waals surface area contributed by atoms with E-state index in [0.717, 1.165) is 10.9 Å². The molecule has 0 aromatic heterocycles. The van der Waals surface area contributed by atoms with Crippen LogP contribution < -0.4 is 5.32 Å². The smallest absolute Gasteiger partial charge is 0.251 e. The van der Waals surface area contributed by atoms with Crippen molar-refractivity contribution in [2.45, 2.75) is 25.8 Å². The standard InChI is InChI=1S/C12H15BrClNO2/c1-8(3-2-4-16)15-12(17)9-5-10(13)7-11(14)6-9/h5-8,16H,2-4H2,1H3,(H,15,17). The third-order valence-corrected chi connectivity index (χ3v) is 2.97. The summed E-state index contributed by atoms with van der Waals surface area (Å²) < 4.78 is 0.776. The van der Waals surface area contributed by atoms with Crippen molar-refractivity contribution in [2.75, 3.05) is 6.61 Å². The molecule has 0 saturated carbocycles. The van der Waals surface area contributed by atoms with Gasteiger partial charge in [0.1, 0.15) is 0 Å². The number of carbonyl (C=O) groups is 1. The molecule has 3 nitrogen and oxygen atoms in total. The minimum atomic E-state index is -0.154. The van der Waals surface area contributed by atoms with Crippen LogP contribution in [0.1, 0.15) is 30.1 Å². The van der Waals surface area contributed by atoms with Crippen LogP contribution in [0.25, 0.3) is 0 Å². The zero-order valence-corrected chi connectivity index (χ0v) is 11.9. The molecule has 5 heteroatoms. The molecule has 1 unspecified atom stereocenters. The lowest BCUT2D eigenvalue weighted by molar-refractivity contribution is 0.0936. The summed E-state index contributed by atoms with van der Waals surface area (Å²) in [6.07, 6.45) is 1.44. The molecule has 0 spiro atoms. The van der Waals surface area contributed by atoms with Gasteiger partial charge >= 0.3 is 0 Å². The summed E-state index contributed by atoms with van der Waals surface area (Å²) in [6, 6.07) is 5.11. The van der Waals surface area contributed by atoms with E-state index >= 15 is 0 Å². The molecule has 17 heavy (non-hydrogen) atoms. The van der Waals surface area contributed by atoms with Gasteiger partial charge < -0.3 is 10.4 Å². The van der Waals surface area contributed by atoms with Gasteiger partial charge in [-0.1, -0.05) is 27.5 Å². The minimum absolute atomic E-state index is 0.0346. The third kappa shape index (κ3) is 5.06. The molecule has 0 fully saturated rings. The number of hydrogen-bond donors (Lipinski definition) is 2. The second-order valence-corrected chi connectivity index (χ2v) is 5.25. The summed E-state index contributed by atoms with van der Waals surface area (Å²) in [7, 11) is 0. The molecule has 1 rings (SSSR count). The molecule has 94 valence electrons. The summed E-state index contributed by atoms with van der Waals surface area (Å²) >= 11 is 9.16. The molecule has 0 radical (unpaired) electrons. The molecule has 1 aromatic carbocycles. The van der Waals surface area contributed by atoms with Crippen molar-refractivity contribution in [1.82, 2.24) is 5.32 Å². The summed E-state index contributed by atoms with van der Waals surface area (Å²) in [6.45, 7) is 2.05. The molecule has 2 N–H and O–H groups in total. The molecule has 0 aliphatic heterocycles. The first-order valence-electron chi connectivity index (χ1n) is 5.40. The molecule has 1 atom stereocenters. The summed E-state index contributed by atoms with van der Waals surface area (Å²) in [5, 5.41) is 12.1. The minimum Gasteiger partial charge on any atom is -0.396 e. The number of aliphatic hydroxyl groups excluding tert-OH is 1. The number of hydrogen-bond acceptors (Lipinski definition) is 2. The van der Waals surface area contributed by atoms with Crippen LogP contribution in [0, 0.1) is 0 Å². The van der Waals surface area contributed by atoms with Crippen LogP contribution in [0.15, 0.2) is 22.7 Å². The number of amides is 1. The Morgan fingerprint density at radius 1 is 1.53 bits per heavy atom. The van der Waals surface area contributed by atoms with E-state index in [1.165, 1.54) is 0 Å². The topological polar surface area (TPSA) is 49.3 Å². The molecule has 1 aromatic rings. The maximum absolute atomic E-state index is 11.9. The maximum Gasteiger partial charge on any atom is 0.251 e. The first-order valence-corrected chi connectivity index (χ1v) is 6.58. The van der Waals surface area contributed by atoms with Gasteiger partial charge in [0, 0.05) is 27.7 Å². The van der Waals surface area contributed by atoms with Gasteiger partial charge in [-0.15, -0.1) is 0 Å². The van der Waals surface area contributed by atoms with Crippen LogP contribution in [0.2, 0.25) is 5.02 Å². The quantitative estimate of drug-likeness (QED) is 0.876. The Balaban J connectivity index is 2.63. The predicted molar refractivity (Wildman–Crippen MR) is 72.4 cm³/mol. The van der Waals surface area contributed by atoms with Crippen molar-refractivity contribution in [3.8, 4) is 0 Å². The lowest BCUT2D eigenvalue weighted by Crippen LogP contribution is -2.32. The van der Waals surface area contributed by atoms with Gasteiger partial charge in [0.2, 0.25) is 0 Å². The highest BCUT2D eigenvalue weighted by Crippen LogP contribution is 2.19. The van der Waals surface area contributed by atoms with E-state index < -0.39 is 0 Å². The Labute approximate surface area is 114 Å². The Morgan fingerprint density at radius 3 is 2.82 bits per heavy atom. The summed E-state index contributed by atoms with van der Waals surface area (Å²) in [4.78, 5) is 11.9. The Hall–Kier alpha value is -0.580. The highest BCUT2D eigenvalue weighted by atomic mass is 79.9. The predicted octanol–water partition coefficient (Wildman–Crippen LogP) is 2.99. The number of nitrogens with one attached hydrogen (secondary N) is 1. The van der Waals surface area contributed by atoms with Gasteiger partial charge in [0.05, 0.1) is 0 Å². The van der Waals surface area contributed by atoms with E-state index in [9.17, 15) is 4.79 Å². The fraction of sp³-hybridized carbons (Fsp3) is 0.417. The fourth-order valence-electron chi connectivity index (χ4n) is 1.46. The Kier molecular flexibility index (Phi) is 5.95. The second kappa shape index (κ2) is 6.99. The second-order valence-electron chi connectivity index (χ2n) is 3.90. The van der Waals surface area contributed by atoms with Gasteiger partial charge in [-0.3, -0.25) is 4.79 Å². The van der Waals surface area contributed by atoms with Gasteiger partial charge in [0.25, 0.3) is 5.91 Å². The molecule has 0 bridgehead atoms. The average molecular weight is 321 g/mol. The molecule has 0 saturated heterocycles. The van der Waals surface area contributed by atoms with Crippen molar-refractivity contribution >= 4 is 33.4 Å². The van der Waals surface area contributed by atoms with Crippen molar-refractivity contribution in [1.29, 1.82) is 0 Å². The molecule has 0 aliphatic rings. The van der Waals surface area contributed by atoms with E-state index in [-0.39, 0.29) is 18.6 Å². The Bertz CT molecular complexity index is 378.